The molecule has 8 heteroatoms. The van der Waals surface area contributed by atoms with Crippen LogP contribution in [0.3, 0.4) is 0 Å². The highest BCUT2D eigenvalue weighted by Crippen LogP contribution is 2.42. The van der Waals surface area contributed by atoms with Gasteiger partial charge < -0.3 is 19.1 Å². The van der Waals surface area contributed by atoms with E-state index in [0.29, 0.717) is 23.2 Å². The van der Waals surface area contributed by atoms with Crippen molar-refractivity contribution in [2.24, 2.45) is 5.41 Å². The van der Waals surface area contributed by atoms with Crippen molar-refractivity contribution in [1.82, 2.24) is 15.1 Å². The van der Waals surface area contributed by atoms with Gasteiger partial charge in [-0.1, -0.05) is 5.16 Å². The number of ether oxygens (including phenoxy) is 1. The Kier molecular flexibility index (Phi) is 4.56. The molecule has 2 saturated heterocycles. The van der Waals surface area contributed by atoms with Crippen molar-refractivity contribution in [3.05, 3.63) is 48.0 Å². The first kappa shape index (κ1) is 18.8. The molecule has 0 saturated carbocycles. The van der Waals surface area contributed by atoms with Crippen LogP contribution in [-0.2, 0) is 0 Å². The van der Waals surface area contributed by atoms with Gasteiger partial charge in [0.15, 0.2) is 0 Å². The van der Waals surface area contributed by atoms with Gasteiger partial charge in [0.2, 0.25) is 5.82 Å². The molecule has 0 amide bonds. The van der Waals surface area contributed by atoms with E-state index in [1.807, 2.05) is 13.1 Å². The highest BCUT2D eigenvalue weighted by molar-refractivity contribution is 5.58. The molecule has 0 N–H and O–H groups in total. The van der Waals surface area contributed by atoms with Crippen molar-refractivity contribution in [1.29, 1.82) is 0 Å². The number of methoxy groups -OCH3 is 1. The number of aryl methyl sites for hydroxylation is 1. The molecule has 156 valence electrons. The first-order chi connectivity index (χ1) is 14.5. The Hall–Kier alpha value is -3.16. The number of hydrogen-bond donors (Lipinski definition) is 0. The molecule has 7 nitrogen and oxygen atoms in total. The smallest absolute Gasteiger partial charge is 0.324 e. The maximum absolute atomic E-state index is 13.8. The summed E-state index contributed by atoms with van der Waals surface area (Å²) in [5, 5.41) is 4.07. The Morgan fingerprint density at radius 1 is 1.13 bits per heavy atom. The Bertz CT molecular complexity index is 1060. The molecule has 1 spiro atoms. The Morgan fingerprint density at radius 2 is 1.97 bits per heavy atom. The molecule has 2 aromatic heterocycles. The van der Waals surface area contributed by atoms with Gasteiger partial charge in [0.05, 0.1) is 7.11 Å². The molecule has 3 aromatic rings. The minimum absolute atomic E-state index is 0.228. The SMILES string of the molecule is COc1cc(F)cc(-c2noc(N3CCCC4(CN(c5ccnc(C)c5)C4)C3)n2)c1. The van der Waals surface area contributed by atoms with E-state index >= 15 is 0 Å². The molecule has 2 aliphatic rings. The molecule has 0 atom stereocenters. The van der Waals surface area contributed by atoms with E-state index in [0.717, 1.165) is 38.3 Å². The molecule has 1 aromatic carbocycles. The van der Waals surface area contributed by atoms with E-state index in [1.165, 1.54) is 31.4 Å². The molecular weight excluding hydrogens is 385 g/mol. The molecule has 4 heterocycles. The normalized spacial score (nSPS) is 17.8. The lowest BCUT2D eigenvalue weighted by Gasteiger charge is -2.55. The van der Waals surface area contributed by atoms with Crippen molar-refractivity contribution in [2.45, 2.75) is 19.8 Å². The predicted molar refractivity (Wildman–Crippen MR) is 111 cm³/mol. The fraction of sp³-hybridized carbons (Fsp3) is 0.409. The summed E-state index contributed by atoms with van der Waals surface area (Å²) in [7, 11) is 1.50. The lowest BCUT2D eigenvalue weighted by atomic mass is 9.73. The van der Waals surface area contributed by atoms with Gasteiger partial charge in [-0.15, -0.1) is 0 Å². The highest BCUT2D eigenvalue weighted by Gasteiger charge is 2.46. The second-order valence-electron chi connectivity index (χ2n) is 8.32. The van der Waals surface area contributed by atoms with Gasteiger partial charge in [0.1, 0.15) is 11.6 Å². The third-order valence-electron chi connectivity index (χ3n) is 6.01. The van der Waals surface area contributed by atoms with Crippen LogP contribution in [0.2, 0.25) is 0 Å². The predicted octanol–water partition coefficient (Wildman–Crippen LogP) is 3.69. The van der Waals surface area contributed by atoms with Crippen LogP contribution >= 0.6 is 0 Å². The number of pyridine rings is 1. The van der Waals surface area contributed by atoms with E-state index in [1.54, 1.807) is 6.07 Å². The lowest BCUT2D eigenvalue weighted by molar-refractivity contribution is 0.169. The summed E-state index contributed by atoms with van der Waals surface area (Å²) < 4.78 is 24.5. The minimum Gasteiger partial charge on any atom is -0.497 e. The topological polar surface area (TPSA) is 67.5 Å². The number of anilines is 2. The number of aromatic nitrogens is 3. The Labute approximate surface area is 174 Å². The summed E-state index contributed by atoms with van der Waals surface area (Å²) in [5.74, 6) is 0.396. The molecule has 0 radical (unpaired) electrons. The van der Waals surface area contributed by atoms with Gasteiger partial charge >= 0.3 is 6.01 Å². The number of hydrogen-bond acceptors (Lipinski definition) is 7. The second kappa shape index (κ2) is 7.27. The summed E-state index contributed by atoms with van der Waals surface area (Å²) in [4.78, 5) is 13.4. The summed E-state index contributed by atoms with van der Waals surface area (Å²) in [6.07, 6.45) is 4.13. The molecular formula is C22H24FN5O2. The Balaban J connectivity index is 1.30. The first-order valence-electron chi connectivity index (χ1n) is 10.1. The largest absolute Gasteiger partial charge is 0.497 e. The fourth-order valence-electron chi connectivity index (χ4n) is 4.57. The van der Waals surface area contributed by atoms with Crippen molar-refractivity contribution in [3.8, 4) is 17.1 Å². The zero-order valence-corrected chi connectivity index (χ0v) is 17.1. The van der Waals surface area contributed by atoms with E-state index in [2.05, 4.69) is 37.1 Å². The van der Waals surface area contributed by atoms with Gasteiger partial charge in [-0.05, 0) is 44.0 Å². The highest BCUT2D eigenvalue weighted by atomic mass is 19.1. The average molecular weight is 409 g/mol. The molecule has 5 rings (SSSR count). The minimum atomic E-state index is -0.395. The third kappa shape index (κ3) is 3.46. The zero-order chi connectivity index (χ0) is 20.7. The Morgan fingerprint density at radius 3 is 2.77 bits per heavy atom. The van der Waals surface area contributed by atoms with Crippen LogP contribution in [0.5, 0.6) is 5.75 Å². The zero-order valence-electron chi connectivity index (χ0n) is 17.1. The van der Waals surface area contributed by atoms with Crippen LogP contribution in [-0.4, -0.2) is 48.4 Å². The van der Waals surface area contributed by atoms with Crippen LogP contribution < -0.4 is 14.5 Å². The van der Waals surface area contributed by atoms with Crippen molar-refractivity contribution in [2.75, 3.05) is 43.1 Å². The van der Waals surface area contributed by atoms with E-state index in [-0.39, 0.29) is 5.41 Å². The number of benzene rings is 1. The lowest BCUT2D eigenvalue weighted by Crippen LogP contribution is -2.63. The number of rotatable bonds is 4. The van der Waals surface area contributed by atoms with Crippen molar-refractivity contribution >= 4 is 11.7 Å². The van der Waals surface area contributed by atoms with Crippen LogP contribution in [0.1, 0.15) is 18.5 Å². The summed E-state index contributed by atoms with van der Waals surface area (Å²) in [5.41, 5.74) is 3.03. The summed E-state index contributed by atoms with van der Waals surface area (Å²) in [6.45, 7) is 5.79. The number of halogens is 1. The third-order valence-corrected chi connectivity index (χ3v) is 6.01. The molecule has 2 fully saturated rings. The van der Waals surface area contributed by atoms with Crippen LogP contribution in [0.15, 0.2) is 41.1 Å². The monoisotopic (exact) mass is 409 g/mol. The van der Waals surface area contributed by atoms with E-state index in [9.17, 15) is 4.39 Å². The van der Waals surface area contributed by atoms with Crippen LogP contribution in [0, 0.1) is 18.2 Å². The molecule has 0 unspecified atom stereocenters. The van der Waals surface area contributed by atoms with Crippen LogP contribution in [0.25, 0.3) is 11.4 Å². The maximum Gasteiger partial charge on any atom is 0.324 e. The molecule has 0 bridgehead atoms. The van der Waals surface area contributed by atoms with Gasteiger partial charge in [-0.25, -0.2) is 4.39 Å². The van der Waals surface area contributed by atoms with Gasteiger partial charge in [0, 0.05) is 60.8 Å². The van der Waals surface area contributed by atoms with E-state index in [4.69, 9.17) is 9.26 Å². The van der Waals surface area contributed by atoms with Crippen molar-refractivity contribution < 1.29 is 13.7 Å². The van der Waals surface area contributed by atoms with Gasteiger partial charge in [-0.2, -0.15) is 4.98 Å². The molecule has 2 aliphatic heterocycles. The quantitative estimate of drug-likeness (QED) is 0.651. The van der Waals surface area contributed by atoms with Gasteiger partial charge in [-0.3, -0.25) is 4.98 Å². The first-order valence-corrected chi connectivity index (χ1v) is 10.1. The van der Waals surface area contributed by atoms with Gasteiger partial charge in [0.25, 0.3) is 0 Å². The standard InChI is InChI=1S/C22H24FN5O2/c1-15-8-18(4-6-24-15)28-13-22(14-28)5-3-7-27(12-22)21-25-20(26-30-21)16-9-17(23)11-19(10-16)29-2/h4,6,8-11H,3,5,7,12-14H2,1-2H3. The van der Waals surface area contributed by atoms with E-state index < -0.39 is 5.82 Å². The van der Waals surface area contributed by atoms with Crippen molar-refractivity contribution in [3.63, 3.8) is 0 Å². The molecule has 0 aliphatic carbocycles. The number of piperidine rings is 1. The fourth-order valence-corrected chi connectivity index (χ4v) is 4.57. The average Bonchev–Trinajstić information content (AvgIpc) is 3.22. The maximum atomic E-state index is 13.8. The van der Waals surface area contributed by atoms with Crippen LogP contribution in [0.4, 0.5) is 16.1 Å². The second-order valence-corrected chi connectivity index (χ2v) is 8.32. The molecule has 30 heavy (non-hydrogen) atoms. The number of nitrogens with zero attached hydrogens (tertiary/aromatic N) is 5. The summed E-state index contributed by atoms with van der Waals surface area (Å²) in [6, 6.07) is 9.10. The summed E-state index contributed by atoms with van der Waals surface area (Å²) >= 11 is 0.